The van der Waals surface area contributed by atoms with Crippen molar-refractivity contribution < 1.29 is 24.1 Å². The summed E-state index contributed by atoms with van der Waals surface area (Å²) in [5, 5.41) is 14.6. The van der Waals surface area contributed by atoms with Gasteiger partial charge in [0, 0.05) is 22.2 Å². The summed E-state index contributed by atoms with van der Waals surface area (Å²) in [6, 6.07) is 20.7. The minimum atomic E-state index is -1.01. The lowest BCUT2D eigenvalue weighted by atomic mass is 9.96. The molecule has 0 unspecified atom stereocenters. The fraction of sp³-hybridized carbons (Fsp3) is 0.200. The Hall–Kier alpha value is -5.15. The Bertz CT molecular complexity index is 1980. The monoisotopic (exact) mass is 625 g/mol. The van der Waals surface area contributed by atoms with Gasteiger partial charge in [-0.15, -0.1) is 0 Å². The number of nitrogens with zero attached hydrogens (tertiary/aromatic N) is 3. The van der Waals surface area contributed by atoms with Gasteiger partial charge in [0.15, 0.2) is 17.3 Å². The van der Waals surface area contributed by atoms with Crippen LogP contribution in [0.4, 0.5) is 0 Å². The van der Waals surface area contributed by atoms with Crippen LogP contribution in [-0.4, -0.2) is 41.2 Å². The quantitative estimate of drug-likeness (QED) is 0.162. The van der Waals surface area contributed by atoms with Crippen LogP contribution in [0.15, 0.2) is 82.7 Å². The van der Waals surface area contributed by atoms with E-state index in [-0.39, 0.29) is 23.6 Å². The molecule has 5 aromatic rings. The average molecular weight is 626 g/mol. The number of hydrogen-bond donors (Lipinski definition) is 1. The third-order valence-electron chi connectivity index (χ3n) is 7.36. The molecule has 10 heteroatoms. The largest absolute Gasteiger partial charge is 0.496 e. The van der Waals surface area contributed by atoms with Crippen LogP contribution in [0.3, 0.4) is 0 Å². The summed E-state index contributed by atoms with van der Waals surface area (Å²) in [6.07, 6.45) is 1.49. The molecule has 45 heavy (non-hydrogen) atoms. The van der Waals surface area contributed by atoms with E-state index in [1.54, 1.807) is 49.6 Å². The van der Waals surface area contributed by atoms with Gasteiger partial charge in [0.2, 0.25) is 0 Å². The van der Waals surface area contributed by atoms with Gasteiger partial charge < -0.3 is 19.3 Å². The van der Waals surface area contributed by atoms with Gasteiger partial charge in [-0.25, -0.2) is 9.78 Å². The molecule has 1 N–H and O–H groups in total. The molecule has 0 aliphatic rings. The predicted molar refractivity (Wildman–Crippen MR) is 176 cm³/mol. The summed E-state index contributed by atoms with van der Waals surface area (Å²) < 4.78 is 18.6. The van der Waals surface area contributed by atoms with Crippen molar-refractivity contribution >= 4 is 34.7 Å². The number of carboxylic acid groups (broad SMARTS) is 1. The molecule has 0 fully saturated rings. The second kappa shape index (κ2) is 13.2. The van der Waals surface area contributed by atoms with Crippen LogP contribution in [0.1, 0.15) is 52.4 Å². The van der Waals surface area contributed by atoms with Gasteiger partial charge in [-0.2, -0.15) is 9.78 Å². The number of aryl methyl sites for hydroxylation is 1. The summed E-state index contributed by atoms with van der Waals surface area (Å²) in [5.41, 5.74) is 4.16. The highest BCUT2D eigenvalue weighted by molar-refractivity contribution is 6.31. The Labute approximate surface area is 265 Å². The van der Waals surface area contributed by atoms with Crippen molar-refractivity contribution in [2.75, 3.05) is 14.2 Å². The highest BCUT2D eigenvalue weighted by atomic mass is 35.5. The van der Waals surface area contributed by atoms with Crippen LogP contribution in [-0.2, 0) is 6.61 Å². The van der Waals surface area contributed by atoms with E-state index in [2.05, 4.69) is 18.9 Å². The number of aromatic carboxylic acids is 1. The van der Waals surface area contributed by atoms with Gasteiger partial charge in [0.1, 0.15) is 12.4 Å². The van der Waals surface area contributed by atoms with Crippen molar-refractivity contribution in [1.82, 2.24) is 9.66 Å². The molecular weight excluding hydrogens is 594 g/mol. The summed E-state index contributed by atoms with van der Waals surface area (Å²) in [6.45, 7) is 6.20. The number of fused-ring (bicyclic) bond motifs is 1. The van der Waals surface area contributed by atoms with Gasteiger partial charge in [-0.05, 0) is 72.0 Å². The lowest BCUT2D eigenvalue weighted by molar-refractivity contribution is 0.0697. The first-order valence-corrected chi connectivity index (χ1v) is 14.6. The maximum atomic E-state index is 13.9. The lowest BCUT2D eigenvalue weighted by Crippen LogP contribution is -2.21. The van der Waals surface area contributed by atoms with Gasteiger partial charge >= 0.3 is 5.97 Å². The summed E-state index contributed by atoms with van der Waals surface area (Å²) in [5.74, 6) is 0.981. The Kier molecular flexibility index (Phi) is 9.20. The molecular formula is C35H32ClN3O6. The van der Waals surface area contributed by atoms with E-state index in [0.717, 1.165) is 28.0 Å². The maximum absolute atomic E-state index is 13.9. The zero-order chi connectivity index (χ0) is 32.2. The lowest BCUT2D eigenvalue weighted by Gasteiger charge is -2.17. The van der Waals surface area contributed by atoms with Crippen LogP contribution in [0.5, 0.6) is 17.2 Å². The number of carboxylic acids is 1. The van der Waals surface area contributed by atoms with Crippen molar-refractivity contribution in [2.45, 2.75) is 33.3 Å². The van der Waals surface area contributed by atoms with Crippen LogP contribution in [0.2, 0.25) is 5.02 Å². The summed E-state index contributed by atoms with van der Waals surface area (Å²) in [4.78, 5) is 30.0. The maximum Gasteiger partial charge on any atom is 0.335 e. The first kappa shape index (κ1) is 31.3. The van der Waals surface area contributed by atoms with E-state index in [0.29, 0.717) is 38.8 Å². The Morgan fingerprint density at radius 3 is 2.40 bits per heavy atom. The molecule has 0 aliphatic heterocycles. The average Bonchev–Trinajstić information content (AvgIpc) is 3.03. The van der Waals surface area contributed by atoms with Crippen molar-refractivity contribution in [3.05, 3.63) is 116 Å². The van der Waals surface area contributed by atoms with Crippen LogP contribution in [0, 0.1) is 6.92 Å². The molecule has 0 amide bonds. The highest BCUT2D eigenvalue weighted by Crippen LogP contribution is 2.36. The summed E-state index contributed by atoms with van der Waals surface area (Å²) >= 11 is 6.43. The topological polar surface area (TPSA) is 112 Å². The number of benzene rings is 4. The van der Waals surface area contributed by atoms with Crippen molar-refractivity contribution in [1.29, 1.82) is 0 Å². The van der Waals surface area contributed by atoms with Gasteiger partial charge in [-0.3, -0.25) is 4.79 Å². The molecule has 0 spiro atoms. The number of aromatic nitrogens is 2. The second-order valence-corrected chi connectivity index (χ2v) is 11.1. The molecule has 0 atom stereocenters. The zero-order valence-corrected chi connectivity index (χ0v) is 26.3. The van der Waals surface area contributed by atoms with Gasteiger partial charge in [0.25, 0.3) is 5.56 Å². The van der Waals surface area contributed by atoms with Crippen molar-refractivity contribution in [3.63, 3.8) is 0 Å². The van der Waals surface area contributed by atoms with E-state index in [9.17, 15) is 14.7 Å². The second-order valence-electron chi connectivity index (χ2n) is 10.7. The van der Waals surface area contributed by atoms with E-state index < -0.39 is 5.97 Å². The molecule has 230 valence electrons. The number of ether oxygens (including phenoxy) is 3. The standard InChI is InChI=1S/C35H32ClN3O6/c1-20(2)27-17-28(21(3)14-30(27)43-4)33-38-29-9-7-6-8-26(29)34(40)39(33)37-18-24-15-25(36)16-31(44-5)32(24)45-19-22-10-12-23(13-11-22)35(41)42/h6-18,20H,19H2,1-5H3,(H,41,42). The molecule has 5 rings (SSSR count). The molecule has 0 saturated carbocycles. The van der Waals surface area contributed by atoms with Crippen molar-refractivity contribution in [2.24, 2.45) is 5.10 Å². The van der Waals surface area contributed by atoms with E-state index >= 15 is 0 Å². The zero-order valence-electron chi connectivity index (χ0n) is 25.5. The van der Waals surface area contributed by atoms with E-state index in [1.165, 1.54) is 30.1 Å². The van der Waals surface area contributed by atoms with Crippen LogP contribution < -0.4 is 19.8 Å². The van der Waals surface area contributed by atoms with Gasteiger partial charge in [0.05, 0.1) is 36.9 Å². The fourth-order valence-electron chi connectivity index (χ4n) is 4.98. The third-order valence-corrected chi connectivity index (χ3v) is 7.58. The van der Waals surface area contributed by atoms with E-state index in [1.807, 2.05) is 25.1 Å². The smallest absolute Gasteiger partial charge is 0.335 e. The van der Waals surface area contributed by atoms with E-state index in [4.69, 9.17) is 30.8 Å². The first-order valence-electron chi connectivity index (χ1n) is 14.2. The molecule has 1 heterocycles. The first-order chi connectivity index (χ1) is 21.6. The molecule has 4 aromatic carbocycles. The molecule has 9 nitrogen and oxygen atoms in total. The molecule has 0 saturated heterocycles. The summed E-state index contributed by atoms with van der Waals surface area (Å²) in [7, 11) is 3.13. The molecule has 0 bridgehead atoms. The number of halogens is 1. The van der Waals surface area contributed by atoms with Crippen LogP contribution in [0.25, 0.3) is 22.3 Å². The predicted octanol–water partition coefficient (Wildman–Crippen LogP) is 7.33. The molecule has 0 aliphatic carbocycles. The number of methoxy groups -OCH3 is 2. The van der Waals surface area contributed by atoms with Crippen molar-refractivity contribution in [3.8, 4) is 28.6 Å². The Morgan fingerprint density at radius 1 is 1.02 bits per heavy atom. The van der Waals surface area contributed by atoms with Crippen LogP contribution >= 0.6 is 11.6 Å². The SMILES string of the molecule is COc1cc(C)c(-c2nc3ccccc3c(=O)n2N=Cc2cc(Cl)cc(OC)c2OCc2ccc(C(=O)O)cc2)cc1C(C)C. The number of carbonyl (C=O) groups is 1. The fourth-order valence-corrected chi connectivity index (χ4v) is 5.20. The molecule has 1 aromatic heterocycles. The normalized spacial score (nSPS) is 11.4. The molecule has 0 radical (unpaired) electrons. The number of hydrogen-bond acceptors (Lipinski definition) is 7. The minimum absolute atomic E-state index is 0.116. The number of rotatable bonds is 10. The highest BCUT2D eigenvalue weighted by Gasteiger charge is 2.19. The Balaban J connectivity index is 1.64. The minimum Gasteiger partial charge on any atom is -0.496 e. The third kappa shape index (κ3) is 6.53. The Morgan fingerprint density at radius 2 is 1.73 bits per heavy atom. The van der Waals surface area contributed by atoms with Gasteiger partial charge in [-0.1, -0.05) is 49.7 Å². The number of para-hydroxylation sites is 1.